The van der Waals surface area contributed by atoms with Crippen LogP contribution in [0, 0.1) is 6.92 Å². The molecule has 0 spiro atoms. The molecule has 0 aliphatic carbocycles. The zero-order valence-electron chi connectivity index (χ0n) is 18.3. The molecular formula is C24H23ClN2O5S. The topological polar surface area (TPSA) is 92.8 Å². The lowest BCUT2D eigenvalue weighted by Crippen LogP contribution is -2.26. The Morgan fingerprint density at radius 1 is 1.00 bits per heavy atom. The molecule has 0 aliphatic rings. The lowest BCUT2D eigenvalue weighted by Gasteiger charge is -2.20. The minimum atomic E-state index is -3.73. The second kappa shape index (κ2) is 10.1. The SMILES string of the molecule is CCOC(=O)c1ccc(NC(=O)c2ccc(N(C)S(=O)(=O)c3ccc(C)cc3)cc2)cc1Cl. The van der Waals surface area contributed by atoms with Gasteiger partial charge in [0, 0.05) is 18.3 Å². The van der Waals surface area contributed by atoms with Crippen LogP contribution in [0.15, 0.2) is 71.6 Å². The van der Waals surface area contributed by atoms with Crippen molar-refractivity contribution in [1.29, 1.82) is 0 Å². The summed E-state index contributed by atoms with van der Waals surface area (Å²) >= 11 is 6.13. The van der Waals surface area contributed by atoms with Crippen molar-refractivity contribution in [2.24, 2.45) is 0 Å². The Morgan fingerprint density at radius 3 is 2.21 bits per heavy atom. The molecule has 0 saturated carbocycles. The Hall–Kier alpha value is -3.36. The van der Waals surface area contributed by atoms with Crippen LogP contribution in [0.3, 0.4) is 0 Å². The standard InChI is InChI=1S/C24H23ClN2O5S/c1-4-32-24(29)21-14-9-18(15-22(21)25)26-23(28)17-7-10-19(11-8-17)27(3)33(30,31)20-12-5-16(2)6-13-20/h5-15H,4H2,1-3H3,(H,26,28). The van der Waals surface area contributed by atoms with Gasteiger partial charge in [0.05, 0.1) is 27.8 Å². The minimum Gasteiger partial charge on any atom is -0.462 e. The summed E-state index contributed by atoms with van der Waals surface area (Å²) in [6.45, 7) is 3.80. The molecule has 0 saturated heterocycles. The fourth-order valence-corrected chi connectivity index (χ4v) is 4.45. The van der Waals surface area contributed by atoms with Crippen LogP contribution < -0.4 is 9.62 Å². The molecule has 9 heteroatoms. The number of benzene rings is 3. The maximum Gasteiger partial charge on any atom is 0.339 e. The largest absolute Gasteiger partial charge is 0.462 e. The highest BCUT2D eigenvalue weighted by Crippen LogP contribution is 2.24. The first-order valence-corrected chi connectivity index (χ1v) is 11.9. The fourth-order valence-electron chi connectivity index (χ4n) is 3.00. The van der Waals surface area contributed by atoms with E-state index in [0.717, 1.165) is 9.87 Å². The summed E-state index contributed by atoms with van der Waals surface area (Å²) in [6, 6.07) is 17.2. The number of anilines is 2. The number of sulfonamides is 1. The van der Waals surface area contributed by atoms with Gasteiger partial charge in [0.25, 0.3) is 15.9 Å². The molecule has 0 aromatic heterocycles. The summed E-state index contributed by atoms with van der Waals surface area (Å²) in [6.07, 6.45) is 0. The number of esters is 1. The molecule has 0 atom stereocenters. The molecule has 172 valence electrons. The molecule has 0 unspecified atom stereocenters. The van der Waals surface area contributed by atoms with Gasteiger partial charge in [0.15, 0.2) is 0 Å². The van der Waals surface area contributed by atoms with E-state index in [1.54, 1.807) is 49.4 Å². The van der Waals surface area contributed by atoms with Crippen LogP contribution in [0.4, 0.5) is 11.4 Å². The van der Waals surface area contributed by atoms with Crippen molar-refractivity contribution >= 4 is 44.9 Å². The number of hydrogen-bond acceptors (Lipinski definition) is 5. The summed E-state index contributed by atoms with van der Waals surface area (Å²) in [7, 11) is -2.27. The van der Waals surface area contributed by atoms with Crippen LogP contribution in [0.5, 0.6) is 0 Å². The summed E-state index contributed by atoms with van der Waals surface area (Å²) in [5, 5.41) is 2.86. The molecule has 0 radical (unpaired) electrons. The van der Waals surface area contributed by atoms with Crippen LogP contribution in [0.1, 0.15) is 33.2 Å². The summed E-state index contributed by atoms with van der Waals surface area (Å²) < 4.78 is 31.8. The summed E-state index contributed by atoms with van der Waals surface area (Å²) in [4.78, 5) is 24.6. The van der Waals surface area contributed by atoms with Crippen LogP contribution in [-0.2, 0) is 14.8 Å². The van der Waals surface area contributed by atoms with Crippen LogP contribution in [-0.4, -0.2) is 33.9 Å². The van der Waals surface area contributed by atoms with Crippen LogP contribution in [0.2, 0.25) is 5.02 Å². The van der Waals surface area contributed by atoms with Gasteiger partial charge in [-0.1, -0.05) is 29.3 Å². The molecule has 0 bridgehead atoms. The molecule has 0 fully saturated rings. The molecule has 3 rings (SSSR count). The number of halogens is 1. The molecule has 3 aromatic carbocycles. The van der Waals surface area contributed by atoms with Gasteiger partial charge in [-0.15, -0.1) is 0 Å². The fraction of sp³-hybridized carbons (Fsp3) is 0.167. The van der Waals surface area contributed by atoms with E-state index < -0.39 is 21.9 Å². The zero-order valence-corrected chi connectivity index (χ0v) is 19.9. The number of ether oxygens (including phenoxy) is 1. The van der Waals surface area contributed by atoms with Crippen molar-refractivity contribution in [3.8, 4) is 0 Å². The number of rotatable bonds is 7. The number of carbonyl (C=O) groups excluding carboxylic acids is 2. The molecule has 33 heavy (non-hydrogen) atoms. The molecule has 1 amide bonds. The summed E-state index contributed by atoms with van der Waals surface area (Å²) in [5.74, 6) is -0.953. The first-order chi connectivity index (χ1) is 15.6. The number of amides is 1. The van der Waals surface area contributed by atoms with Gasteiger partial charge in [-0.3, -0.25) is 9.10 Å². The third kappa shape index (κ3) is 5.53. The van der Waals surface area contributed by atoms with E-state index in [1.807, 2.05) is 6.92 Å². The average molecular weight is 487 g/mol. The number of hydrogen-bond donors (Lipinski definition) is 1. The van der Waals surface area contributed by atoms with E-state index in [0.29, 0.717) is 16.9 Å². The van der Waals surface area contributed by atoms with E-state index in [2.05, 4.69) is 5.32 Å². The predicted octanol–water partition coefficient (Wildman–Crippen LogP) is 4.90. The Balaban J connectivity index is 1.73. The number of aryl methyl sites for hydroxylation is 1. The average Bonchev–Trinajstić information content (AvgIpc) is 2.79. The third-order valence-corrected chi connectivity index (χ3v) is 7.01. The number of carbonyl (C=O) groups is 2. The van der Waals surface area contributed by atoms with E-state index in [-0.39, 0.29) is 22.1 Å². The van der Waals surface area contributed by atoms with E-state index in [9.17, 15) is 18.0 Å². The zero-order chi connectivity index (χ0) is 24.2. The van der Waals surface area contributed by atoms with Crippen molar-refractivity contribution in [2.75, 3.05) is 23.3 Å². The van der Waals surface area contributed by atoms with Gasteiger partial charge in [-0.2, -0.15) is 0 Å². The van der Waals surface area contributed by atoms with Crippen molar-refractivity contribution in [2.45, 2.75) is 18.7 Å². The van der Waals surface area contributed by atoms with E-state index in [4.69, 9.17) is 16.3 Å². The van der Waals surface area contributed by atoms with Crippen LogP contribution in [0.25, 0.3) is 0 Å². The van der Waals surface area contributed by atoms with Crippen molar-refractivity contribution in [3.63, 3.8) is 0 Å². The molecular weight excluding hydrogens is 464 g/mol. The Morgan fingerprint density at radius 2 is 1.64 bits per heavy atom. The highest BCUT2D eigenvalue weighted by Gasteiger charge is 2.21. The lowest BCUT2D eigenvalue weighted by molar-refractivity contribution is 0.0526. The van der Waals surface area contributed by atoms with Gasteiger partial charge in [-0.25, -0.2) is 13.2 Å². The summed E-state index contributed by atoms with van der Waals surface area (Å²) in [5.41, 5.74) is 2.31. The van der Waals surface area contributed by atoms with Crippen molar-refractivity contribution in [3.05, 3.63) is 88.4 Å². The second-order valence-corrected chi connectivity index (χ2v) is 9.58. The van der Waals surface area contributed by atoms with Gasteiger partial charge < -0.3 is 10.1 Å². The molecule has 0 heterocycles. The molecule has 1 N–H and O–H groups in total. The Labute approximate surface area is 198 Å². The van der Waals surface area contributed by atoms with E-state index in [1.165, 1.54) is 31.3 Å². The first kappa shape index (κ1) is 24.3. The third-order valence-electron chi connectivity index (χ3n) is 4.89. The van der Waals surface area contributed by atoms with Gasteiger partial charge >= 0.3 is 5.97 Å². The van der Waals surface area contributed by atoms with Gasteiger partial charge in [0.1, 0.15) is 0 Å². The number of nitrogens with zero attached hydrogens (tertiary/aromatic N) is 1. The number of nitrogens with one attached hydrogen (secondary N) is 1. The second-order valence-electron chi connectivity index (χ2n) is 7.20. The normalized spacial score (nSPS) is 11.0. The van der Waals surface area contributed by atoms with Gasteiger partial charge in [-0.05, 0) is 68.4 Å². The van der Waals surface area contributed by atoms with Gasteiger partial charge in [0.2, 0.25) is 0 Å². The maximum atomic E-state index is 12.9. The molecule has 0 aliphatic heterocycles. The predicted molar refractivity (Wildman–Crippen MR) is 129 cm³/mol. The van der Waals surface area contributed by atoms with Crippen molar-refractivity contribution < 1.29 is 22.7 Å². The first-order valence-electron chi connectivity index (χ1n) is 10.1. The Kier molecular flexibility index (Phi) is 7.40. The lowest BCUT2D eigenvalue weighted by atomic mass is 10.1. The van der Waals surface area contributed by atoms with Crippen LogP contribution >= 0.6 is 11.6 Å². The smallest absolute Gasteiger partial charge is 0.339 e. The quantitative estimate of drug-likeness (QED) is 0.479. The molecule has 3 aromatic rings. The monoisotopic (exact) mass is 486 g/mol. The minimum absolute atomic E-state index is 0.157. The molecule has 7 nitrogen and oxygen atoms in total. The van der Waals surface area contributed by atoms with E-state index >= 15 is 0 Å². The maximum absolute atomic E-state index is 12.9. The highest BCUT2D eigenvalue weighted by molar-refractivity contribution is 7.92. The van der Waals surface area contributed by atoms with Crippen molar-refractivity contribution in [1.82, 2.24) is 0 Å². The highest BCUT2D eigenvalue weighted by atomic mass is 35.5. The Bertz CT molecular complexity index is 1270.